The van der Waals surface area contributed by atoms with Gasteiger partial charge in [0.25, 0.3) is 0 Å². The molecule has 0 saturated carbocycles. The van der Waals surface area contributed by atoms with E-state index in [4.69, 9.17) is 4.74 Å². The van der Waals surface area contributed by atoms with E-state index in [0.717, 1.165) is 32.8 Å². The molecule has 0 radical (unpaired) electrons. The van der Waals surface area contributed by atoms with Crippen LogP contribution in [0.2, 0.25) is 0 Å². The van der Waals surface area contributed by atoms with Gasteiger partial charge in [-0.2, -0.15) is 0 Å². The molecule has 19 heavy (non-hydrogen) atoms. The third-order valence-electron chi connectivity index (χ3n) is 4.31. The van der Waals surface area contributed by atoms with E-state index in [9.17, 15) is 0 Å². The van der Waals surface area contributed by atoms with Gasteiger partial charge in [0, 0.05) is 31.4 Å². The molecular formula is C16H24N2O. The van der Waals surface area contributed by atoms with Crippen LogP contribution in [-0.2, 0) is 17.7 Å². The second kappa shape index (κ2) is 5.93. The van der Waals surface area contributed by atoms with Crippen molar-refractivity contribution < 1.29 is 4.74 Å². The number of hydrogen-bond acceptors (Lipinski definition) is 3. The summed E-state index contributed by atoms with van der Waals surface area (Å²) >= 11 is 0. The van der Waals surface area contributed by atoms with Crippen LogP contribution in [0.4, 0.5) is 5.69 Å². The van der Waals surface area contributed by atoms with Crippen LogP contribution in [0.3, 0.4) is 0 Å². The Morgan fingerprint density at radius 2 is 2.37 bits per heavy atom. The van der Waals surface area contributed by atoms with E-state index in [0.29, 0.717) is 6.04 Å². The van der Waals surface area contributed by atoms with Gasteiger partial charge in [0.2, 0.25) is 0 Å². The van der Waals surface area contributed by atoms with Crippen molar-refractivity contribution >= 4 is 5.69 Å². The molecular weight excluding hydrogens is 236 g/mol. The van der Waals surface area contributed by atoms with Gasteiger partial charge < -0.3 is 10.1 Å². The molecule has 0 amide bonds. The predicted octanol–water partition coefficient (Wildman–Crippen LogP) is 2.66. The summed E-state index contributed by atoms with van der Waals surface area (Å²) in [5, 5.41) is 3.48. The molecule has 1 fully saturated rings. The lowest BCUT2D eigenvalue weighted by atomic mass is 10.00. The molecule has 3 heteroatoms. The number of benzene rings is 1. The molecule has 0 bridgehead atoms. The summed E-state index contributed by atoms with van der Waals surface area (Å²) in [4.78, 5) is 2.57. The minimum Gasteiger partial charge on any atom is -0.385 e. The van der Waals surface area contributed by atoms with Crippen LogP contribution in [0.15, 0.2) is 18.2 Å². The molecule has 2 aliphatic heterocycles. The second-order valence-electron chi connectivity index (χ2n) is 5.63. The number of ether oxygens (including phenoxy) is 1. The monoisotopic (exact) mass is 260 g/mol. The Kier molecular flexibility index (Phi) is 4.04. The molecule has 1 atom stereocenters. The SMILES string of the molecule is CCC1COCCN1Cc1ccc2c(c1)CCCN2. The zero-order chi connectivity index (χ0) is 13.1. The smallest absolute Gasteiger partial charge is 0.0622 e. The van der Waals surface area contributed by atoms with Crippen LogP contribution < -0.4 is 5.32 Å². The summed E-state index contributed by atoms with van der Waals surface area (Å²) in [6, 6.07) is 7.51. The van der Waals surface area contributed by atoms with Gasteiger partial charge in [-0.05, 0) is 36.5 Å². The van der Waals surface area contributed by atoms with Crippen LogP contribution in [0.1, 0.15) is 30.9 Å². The van der Waals surface area contributed by atoms with Gasteiger partial charge in [-0.15, -0.1) is 0 Å². The minimum atomic E-state index is 0.586. The maximum absolute atomic E-state index is 5.58. The van der Waals surface area contributed by atoms with Gasteiger partial charge in [-0.1, -0.05) is 19.1 Å². The zero-order valence-electron chi connectivity index (χ0n) is 11.8. The largest absolute Gasteiger partial charge is 0.385 e. The van der Waals surface area contributed by atoms with E-state index in [1.807, 2.05) is 0 Å². The highest BCUT2D eigenvalue weighted by atomic mass is 16.5. The predicted molar refractivity (Wildman–Crippen MR) is 78.6 cm³/mol. The normalized spacial score (nSPS) is 23.7. The second-order valence-corrected chi connectivity index (χ2v) is 5.63. The molecule has 3 rings (SSSR count). The Morgan fingerprint density at radius 3 is 3.26 bits per heavy atom. The van der Waals surface area contributed by atoms with Crippen molar-refractivity contribution in [1.29, 1.82) is 0 Å². The summed E-state index contributed by atoms with van der Waals surface area (Å²) < 4.78 is 5.58. The Morgan fingerprint density at radius 1 is 1.42 bits per heavy atom. The highest BCUT2D eigenvalue weighted by molar-refractivity contribution is 5.54. The lowest BCUT2D eigenvalue weighted by molar-refractivity contribution is -0.0127. The van der Waals surface area contributed by atoms with Gasteiger partial charge in [-0.3, -0.25) is 4.90 Å². The van der Waals surface area contributed by atoms with E-state index in [1.54, 1.807) is 0 Å². The fraction of sp³-hybridized carbons (Fsp3) is 0.625. The van der Waals surface area contributed by atoms with Crippen LogP contribution in [0.25, 0.3) is 0 Å². The zero-order valence-corrected chi connectivity index (χ0v) is 11.8. The highest BCUT2D eigenvalue weighted by Gasteiger charge is 2.21. The van der Waals surface area contributed by atoms with Gasteiger partial charge in [-0.25, -0.2) is 0 Å². The molecule has 2 heterocycles. The third-order valence-corrected chi connectivity index (χ3v) is 4.31. The molecule has 1 unspecified atom stereocenters. The van der Waals surface area contributed by atoms with E-state index >= 15 is 0 Å². The first-order chi connectivity index (χ1) is 9.36. The number of fused-ring (bicyclic) bond motifs is 1. The van der Waals surface area contributed by atoms with Crippen molar-refractivity contribution in [2.45, 2.75) is 38.8 Å². The number of nitrogens with zero attached hydrogens (tertiary/aromatic N) is 1. The number of nitrogens with one attached hydrogen (secondary N) is 1. The van der Waals surface area contributed by atoms with Gasteiger partial charge in [0.1, 0.15) is 0 Å². The lowest BCUT2D eigenvalue weighted by Crippen LogP contribution is -2.44. The Hall–Kier alpha value is -1.06. The topological polar surface area (TPSA) is 24.5 Å². The molecule has 0 aliphatic carbocycles. The first-order valence-electron chi connectivity index (χ1n) is 7.54. The van der Waals surface area contributed by atoms with E-state index in [1.165, 1.54) is 36.1 Å². The van der Waals surface area contributed by atoms with Crippen molar-refractivity contribution in [2.75, 3.05) is 31.6 Å². The number of aryl methyl sites for hydroxylation is 1. The van der Waals surface area contributed by atoms with Gasteiger partial charge >= 0.3 is 0 Å². The fourth-order valence-corrected chi connectivity index (χ4v) is 3.13. The van der Waals surface area contributed by atoms with Crippen molar-refractivity contribution in [2.24, 2.45) is 0 Å². The summed E-state index contributed by atoms with van der Waals surface area (Å²) in [6.45, 7) is 7.27. The van der Waals surface area contributed by atoms with E-state index in [-0.39, 0.29) is 0 Å². The number of rotatable bonds is 3. The molecule has 3 nitrogen and oxygen atoms in total. The van der Waals surface area contributed by atoms with Crippen molar-refractivity contribution in [3.05, 3.63) is 29.3 Å². The molecule has 0 aromatic heterocycles. The maximum atomic E-state index is 5.58. The molecule has 104 valence electrons. The summed E-state index contributed by atoms with van der Waals surface area (Å²) in [5.74, 6) is 0. The Balaban J connectivity index is 1.71. The highest BCUT2D eigenvalue weighted by Crippen LogP contribution is 2.24. The standard InChI is InChI=1S/C16H24N2O/c1-2-15-12-19-9-8-18(15)11-13-5-6-16-14(10-13)4-3-7-17-16/h5-6,10,15,17H,2-4,7-9,11-12H2,1H3. The average molecular weight is 260 g/mol. The number of morpholine rings is 1. The maximum Gasteiger partial charge on any atom is 0.0622 e. The van der Waals surface area contributed by atoms with E-state index < -0.39 is 0 Å². The van der Waals surface area contributed by atoms with Crippen LogP contribution in [0, 0.1) is 0 Å². The number of hydrogen-bond donors (Lipinski definition) is 1. The lowest BCUT2D eigenvalue weighted by Gasteiger charge is -2.35. The molecule has 1 aromatic carbocycles. The van der Waals surface area contributed by atoms with Crippen LogP contribution >= 0.6 is 0 Å². The van der Waals surface area contributed by atoms with Crippen LogP contribution in [-0.4, -0.2) is 37.2 Å². The van der Waals surface area contributed by atoms with E-state index in [2.05, 4.69) is 35.3 Å². The van der Waals surface area contributed by atoms with Crippen molar-refractivity contribution in [1.82, 2.24) is 4.90 Å². The first-order valence-corrected chi connectivity index (χ1v) is 7.54. The summed E-state index contributed by atoms with van der Waals surface area (Å²) in [6.07, 6.45) is 3.65. The minimum absolute atomic E-state index is 0.586. The van der Waals surface area contributed by atoms with Gasteiger partial charge in [0.15, 0.2) is 0 Å². The summed E-state index contributed by atoms with van der Waals surface area (Å²) in [5.41, 5.74) is 4.27. The Bertz CT molecular complexity index is 433. The molecule has 2 aliphatic rings. The third kappa shape index (κ3) is 2.93. The molecule has 0 spiro atoms. The Labute approximate surface area is 115 Å². The first kappa shape index (κ1) is 12.9. The quantitative estimate of drug-likeness (QED) is 0.904. The molecule has 1 aromatic rings. The van der Waals surface area contributed by atoms with Gasteiger partial charge in [0.05, 0.1) is 13.2 Å². The average Bonchev–Trinajstić information content (AvgIpc) is 2.48. The van der Waals surface area contributed by atoms with Crippen molar-refractivity contribution in [3.63, 3.8) is 0 Å². The number of anilines is 1. The molecule has 1 saturated heterocycles. The van der Waals surface area contributed by atoms with Crippen molar-refractivity contribution in [3.8, 4) is 0 Å². The summed E-state index contributed by atoms with van der Waals surface area (Å²) in [7, 11) is 0. The fourth-order valence-electron chi connectivity index (χ4n) is 3.13. The van der Waals surface area contributed by atoms with Crippen LogP contribution in [0.5, 0.6) is 0 Å². The molecule has 1 N–H and O–H groups in total.